The largest absolute Gasteiger partial charge is 0.505 e. The van der Waals surface area contributed by atoms with Gasteiger partial charge in [-0.3, -0.25) is 4.79 Å². The van der Waals surface area contributed by atoms with Crippen molar-refractivity contribution in [2.45, 2.75) is 0 Å². The van der Waals surface area contributed by atoms with E-state index in [0.29, 0.717) is 4.60 Å². The summed E-state index contributed by atoms with van der Waals surface area (Å²) in [6.07, 6.45) is 4.26. The van der Waals surface area contributed by atoms with E-state index in [0.717, 1.165) is 0 Å². The quantitative estimate of drug-likeness (QED) is 0.878. The van der Waals surface area contributed by atoms with Crippen LogP contribution in [0.5, 0.6) is 5.75 Å². The molecule has 0 atom stereocenters. The number of hydrogen-bond acceptors (Lipinski definition) is 5. The highest BCUT2D eigenvalue weighted by molar-refractivity contribution is 9.10. The number of amides is 1. The summed E-state index contributed by atoms with van der Waals surface area (Å²) in [5.74, 6) is -0.446. The van der Waals surface area contributed by atoms with Gasteiger partial charge in [-0.1, -0.05) is 0 Å². The van der Waals surface area contributed by atoms with Gasteiger partial charge >= 0.3 is 0 Å². The number of nitrogens with one attached hydrogen (secondary N) is 1. The molecule has 0 aliphatic heterocycles. The second-order valence-electron chi connectivity index (χ2n) is 3.05. The standard InChI is InChI=1S/C10H7BrN4O2/c11-7-4-14-8(5-13-7)15-10(17)9-6(16)2-1-3-12-9/h1-5,16H,(H,14,15,17). The Morgan fingerprint density at radius 1 is 1.29 bits per heavy atom. The second-order valence-corrected chi connectivity index (χ2v) is 3.86. The molecule has 86 valence electrons. The van der Waals surface area contributed by atoms with Crippen LogP contribution in [-0.2, 0) is 0 Å². The maximum Gasteiger partial charge on any atom is 0.279 e. The first-order valence-corrected chi connectivity index (χ1v) is 5.39. The average molecular weight is 295 g/mol. The highest BCUT2D eigenvalue weighted by Crippen LogP contribution is 2.14. The Kier molecular flexibility index (Phi) is 3.29. The zero-order valence-corrected chi connectivity index (χ0v) is 10.0. The fourth-order valence-corrected chi connectivity index (χ4v) is 1.33. The van der Waals surface area contributed by atoms with E-state index in [1.807, 2.05) is 0 Å². The molecule has 0 spiro atoms. The number of anilines is 1. The Morgan fingerprint density at radius 2 is 2.12 bits per heavy atom. The van der Waals surface area contributed by atoms with Gasteiger partial charge < -0.3 is 10.4 Å². The van der Waals surface area contributed by atoms with Crippen LogP contribution >= 0.6 is 15.9 Å². The van der Waals surface area contributed by atoms with Gasteiger partial charge in [0, 0.05) is 6.20 Å². The third-order valence-electron chi connectivity index (χ3n) is 1.86. The Morgan fingerprint density at radius 3 is 2.76 bits per heavy atom. The van der Waals surface area contributed by atoms with E-state index < -0.39 is 5.91 Å². The average Bonchev–Trinajstić information content (AvgIpc) is 2.32. The number of pyridine rings is 1. The second kappa shape index (κ2) is 4.88. The number of halogens is 1. The molecule has 2 rings (SSSR count). The van der Waals surface area contributed by atoms with E-state index in [9.17, 15) is 9.90 Å². The topological polar surface area (TPSA) is 88.0 Å². The van der Waals surface area contributed by atoms with E-state index in [4.69, 9.17) is 0 Å². The summed E-state index contributed by atoms with van der Waals surface area (Å²) in [6.45, 7) is 0. The summed E-state index contributed by atoms with van der Waals surface area (Å²) >= 11 is 3.13. The first kappa shape index (κ1) is 11.5. The van der Waals surface area contributed by atoms with Crippen molar-refractivity contribution in [3.8, 4) is 5.75 Å². The lowest BCUT2D eigenvalue weighted by molar-refractivity contribution is 0.101. The highest BCUT2D eigenvalue weighted by atomic mass is 79.9. The van der Waals surface area contributed by atoms with Crippen LogP contribution in [0.15, 0.2) is 35.3 Å². The van der Waals surface area contributed by atoms with Gasteiger partial charge in [-0.05, 0) is 28.1 Å². The maximum atomic E-state index is 11.7. The van der Waals surface area contributed by atoms with Gasteiger partial charge in [-0.15, -0.1) is 0 Å². The van der Waals surface area contributed by atoms with Crippen LogP contribution in [-0.4, -0.2) is 26.0 Å². The van der Waals surface area contributed by atoms with Crippen LogP contribution in [0, 0.1) is 0 Å². The lowest BCUT2D eigenvalue weighted by Crippen LogP contribution is -2.14. The first-order valence-electron chi connectivity index (χ1n) is 4.59. The number of hydrogen-bond donors (Lipinski definition) is 2. The van der Waals surface area contributed by atoms with Crippen molar-refractivity contribution in [1.29, 1.82) is 0 Å². The summed E-state index contributed by atoms with van der Waals surface area (Å²) in [4.78, 5) is 23.3. The summed E-state index contributed by atoms with van der Waals surface area (Å²) < 4.78 is 0.566. The summed E-state index contributed by atoms with van der Waals surface area (Å²) in [5, 5.41) is 11.9. The smallest absolute Gasteiger partial charge is 0.279 e. The van der Waals surface area contributed by atoms with Crippen LogP contribution < -0.4 is 5.32 Å². The predicted molar refractivity (Wildman–Crippen MR) is 63.6 cm³/mol. The molecule has 2 heterocycles. The Bertz CT molecular complexity index is 544. The van der Waals surface area contributed by atoms with Crippen molar-refractivity contribution >= 4 is 27.7 Å². The van der Waals surface area contributed by atoms with Gasteiger partial charge in [0.25, 0.3) is 5.91 Å². The lowest BCUT2D eigenvalue weighted by atomic mass is 10.3. The number of rotatable bonds is 2. The van der Waals surface area contributed by atoms with Gasteiger partial charge in [0.2, 0.25) is 0 Å². The Balaban J connectivity index is 2.17. The number of carbonyl (C=O) groups is 1. The van der Waals surface area contributed by atoms with Crippen LogP contribution in [0.1, 0.15) is 10.5 Å². The molecule has 2 aromatic rings. The van der Waals surface area contributed by atoms with Gasteiger partial charge in [-0.2, -0.15) is 0 Å². The van der Waals surface area contributed by atoms with Gasteiger partial charge in [0.1, 0.15) is 10.4 Å². The highest BCUT2D eigenvalue weighted by Gasteiger charge is 2.12. The summed E-state index contributed by atoms with van der Waals surface area (Å²) in [7, 11) is 0. The predicted octanol–water partition coefficient (Wildman–Crippen LogP) is 1.59. The third-order valence-corrected chi connectivity index (χ3v) is 2.27. The van der Waals surface area contributed by atoms with E-state index in [1.165, 1.54) is 30.7 Å². The maximum absolute atomic E-state index is 11.7. The number of aromatic nitrogens is 3. The van der Waals surface area contributed by atoms with Crippen molar-refractivity contribution in [1.82, 2.24) is 15.0 Å². The number of aromatic hydroxyl groups is 1. The molecule has 0 bridgehead atoms. The fourth-order valence-electron chi connectivity index (χ4n) is 1.12. The minimum absolute atomic E-state index is 0.0581. The SMILES string of the molecule is O=C(Nc1cnc(Br)cn1)c1ncccc1O. The molecule has 0 radical (unpaired) electrons. The van der Waals surface area contributed by atoms with Crippen LogP contribution in [0.2, 0.25) is 0 Å². The molecular formula is C10H7BrN4O2. The van der Waals surface area contributed by atoms with Gasteiger partial charge in [0.15, 0.2) is 11.5 Å². The monoisotopic (exact) mass is 294 g/mol. The van der Waals surface area contributed by atoms with Crippen LogP contribution in [0.3, 0.4) is 0 Å². The van der Waals surface area contributed by atoms with Gasteiger partial charge in [0.05, 0.1) is 12.4 Å². The van der Waals surface area contributed by atoms with Crippen LogP contribution in [0.25, 0.3) is 0 Å². The minimum atomic E-state index is -0.542. The minimum Gasteiger partial charge on any atom is -0.505 e. The van der Waals surface area contributed by atoms with Crippen molar-refractivity contribution in [3.05, 3.63) is 41.0 Å². The molecule has 0 saturated carbocycles. The molecule has 0 unspecified atom stereocenters. The van der Waals surface area contributed by atoms with Crippen molar-refractivity contribution in [2.24, 2.45) is 0 Å². The molecule has 6 nitrogen and oxygen atoms in total. The molecule has 1 amide bonds. The van der Waals surface area contributed by atoms with Crippen molar-refractivity contribution in [2.75, 3.05) is 5.32 Å². The zero-order valence-electron chi connectivity index (χ0n) is 8.46. The van der Waals surface area contributed by atoms with Gasteiger partial charge in [-0.25, -0.2) is 15.0 Å². The molecule has 0 fully saturated rings. The third kappa shape index (κ3) is 2.76. The molecule has 0 saturated heterocycles. The molecule has 0 aliphatic carbocycles. The number of nitrogens with zero attached hydrogens (tertiary/aromatic N) is 3. The molecule has 17 heavy (non-hydrogen) atoms. The molecule has 7 heteroatoms. The molecule has 2 N–H and O–H groups in total. The van der Waals surface area contributed by atoms with Crippen molar-refractivity contribution < 1.29 is 9.90 Å². The van der Waals surface area contributed by atoms with E-state index in [-0.39, 0.29) is 17.3 Å². The molecule has 0 aromatic carbocycles. The molecule has 0 aliphatic rings. The van der Waals surface area contributed by atoms with E-state index in [1.54, 1.807) is 0 Å². The van der Waals surface area contributed by atoms with Crippen LogP contribution in [0.4, 0.5) is 5.82 Å². The fraction of sp³-hybridized carbons (Fsp3) is 0. The molecule has 2 aromatic heterocycles. The zero-order chi connectivity index (χ0) is 12.3. The first-order chi connectivity index (χ1) is 8.16. The lowest BCUT2D eigenvalue weighted by Gasteiger charge is -2.04. The molecular weight excluding hydrogens is 288 g/mol. The van der Waals surface area contributed by atoms with E-state index >= 15 is 0 Å². The van der Waals surface area contributed by atoms with E-state index in [2.05, 4.69) is 36.2 Å². The number of carbonyl (C=O) groups excluding carboxylic acids is 1. The van der Waals surface area contributed by atoms with Crippen molar-refractivity contribution in [3.63, 3.8) is 0 Å². The Labute approximate surface area is 105 Å². The summed E-state index contributed by atoms with van der Waals surface area (Å²) in [6, 6.07) is 2.92. The normalized spacial score (nSPS) is 9.94. The summed E-state index contributed by atoms with van der Waals surface area (Å²) in [5.41, 5.74) is -0.0581. The Hall–Kier alpha value is -2.02.